The number of para-hydroxylation sites is 1. The molecule has 3 N–H and O–H groups in total. The molecule has 3 rings (SSSR count). The predicted octanol–water partition coefficient (Wildman–Crippen LogP) is 0.935. The number of benzene rings is 1. The SMILES string of the molecule is O=S(=O)(CCO)CCNc1nc(C2=CC=NC=CN2)nc2ccccc12. The number of fused-ring (bicyclic) bond motifs is 1. The Morgan fingerprint density at radius 2 is 2.00 bits per heavy atom. The van der Waals surface area contributed by atoms with E-state index in [0.717, 1.165) is 10.9 Å². The van der Waals surface area contributed by atoms with Crippen LogP contribution in [0.5, 0.6) is 0 Å². The molecule has 0 unspecified atom stereocenters. The van der Waals surface area contributed by atoms with E-state index in [2.05, 4.69) is 25.6 Å². The van der Waals surface area contributed by atoms with Crippen LogP contribution in [-0.2, 0) is 9.84 Å². The van der Waals surface area contributed by atoms with E-state index in [0.29, 0.717) is 17.3 Å². The molecule has 1 aliphatic heterocycles. The highest BCUT2D eigenvalue weighted by Gasteiger charge is 2.13. The summed E-state index contributed by atoms with van der Waals surface area (Å²) in [6.07, 6.45) is 6.71. The largest absolute Gasteiger partial charge is 0.395 e. The van der Waals surface area contributed by atoms with Crippen molar-refractivity contribution in [3.63, 3.8) is 0 Å². The molecular formula is C17H19N5O3S. The molecule has 2 aromatic rings. The highest BCUT2D eigenvalue weighted by Crippen LogP contribution is 2.22. The lowest BCUT2D eigenvalue weighted by Crippen LogP contribution is -2.21. The average Bonchev–Trinajstić information content (AvgIpc) is 2.90. The van der Waals surface area contributed by atoms with Crippen LogP contribution < -0.4 is 10.6 Å². The first-order chi connectivity index (χ1) is 12.6. The fourth-order valence-electron chi connectivity index (χ4n) is 2.42. The van der Waals surface area contributed by atoms with Crippen LogP contribution in [0.3, 0.4) is 0 Å². The molecular weight excluding hydrogens is 354 g/mol. The van der Waals surface area contributed by atoms with Crippen LogP contribution in [0.4, 0.5) is 5.82 Å². The summed E-state index contributed by atoms with van der Waals surface area (Å²) in [4.78, 5) is 13.1. The van der Waals surface area contributed by atoms with Gasteiger partial charge >= 0.3 is 0 Å². The van der Waals surface area contributed by atoms with E-state index >= 15 is 0 Å². The molecule has 0 atom stereocenters. The molecule has 8 nitrogen and oxygen atoms in total. The molecule has 0 radical (unpaired) electrons. The smallest absolute Gasteiger partial charge is 0.178 e. The molecule has 1 aromatic carbocycles. The third kappa shape index (κ3) is 4.44. The first kappa shape index (κ1) is 18.0. The number of sulfone groups is 1. The summed E-state index contributed by atoms with van der Waals surface area (Å²) in [7, 11) is -3.30. The maximum atomic E-state index is 11.8. The molecule has 0 bridgehead atoms. The Labute approximate surface area is 151 Å². The fourth-order valence-corrected chi connectivity index (χ4v) is 3.32. The topological polar surface area (TPSA) is 117 Å². The van der Waals surface area contributed by atoms with E-state index in [4.69, 9.17) is 5.11 Å². The zero-order valence-electron chi connectivity index (χ0n) is 14.0. The molecule has 0 saturated heterocycles. The Morgan fingerprint density at radius 1 is 1.15 bits per heavy atom. The van der Waals surface area contributed by atoms with Crippen LogP contribution >= 0.6 is 0 Å². The minimum absolute atomic E-state index is 0.0857. The Kier molecular flexibility index (Phi) is 5.59. The first-order valence-electron chi connectivity index (χ1n) is 8.06. The number of allylic oxidation sites excluding steroid dienone is 1. The summed E-state index contributed by atoms with van der Waals surface area (Å²) in [6.45, 7) is -0.186. The highest BCUT2D eigenvalue weighted by molar-refractivity contribution is 7.91. The molecule has 0 saturated carbocycles. The third-order valence-corrected chi connectivity index (χ3v) is 5.31. The van der Waals surface area contributed by atoms with Gasteiger partial charge in [0.15, 0.2) is 15.7 Å². The number of hydrogen-bond acceptors (Lipinski definition) is 8. The molecule has 136 valence electrons. The monoisotopic (exact) mass is 373 g/mol. The number of nitrogens with zero attached hydrogens (tertiary/aromatic N) is 3. The number of aliphatic hydroxyl groups is 1. The lowest BCUT2D eigenvalue weighted by atomic mass is 10.2. The number of rotatable bonds is 7. The standard InChI is InChI=1S/C17H19N5O3S/c23-10-12-26(24,25)11-9-20-16-13-3-1-2-4-14(13)21-17(22-16)15-5-6-18-7-8-19-15/h1-8,19,23H,9-12H2,(H,20,21,22). The number of aliphatic imine (C=N–C) groups is 1. The first-order valence-corrected chi connectivity index (χ1v) is 9.88. The van der Waals surface area contributed by atoms with Crippen molar-refractivity contribution in [2.24, 2.45) is 4.99 Å². The minimum Gasteiger partial charge on any atom is -0.395 e. The molecule has 0 fully saturated rings. The molecule has 1 aliphatic rings. The number of aromatic nitrogens is 2. The molecule has 0 aliphatic carbocycles. The number of aliphatic hydroxyl groups excluding tert-OH is 1. The van der Waals surface area contributed by atoms with Gasteiger partial charge in [0.2, 0.25) is 0 Å². The number of nitrogens with one attached hydrogen (secondary N) is 2. The maximum Gasteiger partial charge on any atom is 0.178 e. The van der Waals surface area contributed by atoms with E-state index in [1.165, 1.54) is 0 Å². The summed E-state index contributed by atoms with van der Waals surface area (Å²) < 4.78 is 23.5. The quantitative estimate of drug-likeness (QED) is 0.661. The molecule has 26 heavy (non-hydrogen) atoms. The van der Waals surface area contributed by atoms with E-state index < -0.39 is 9.84 Å². The van der Waals surface area contributed by atoms with Gasteiger partial charge in [-0.3, -0.25) is 4.99 Å². The van der Waals surface area contributed by atoms with Gasteiger partial charge in [-0.15, -0.1) is 0 Å². The highest BCUT2D eigenvalue weighted by atomic mass is 32.2. The second-order valence-corrected chi connectivity index (χ2v) is 7.86. The summed E-state index contributed by atoms with van der Waals surface area (Å²) in [5.74, 6) is 0.699. The summed E-state index contributed by atoms with van der Waals surface area (Å²) in [5.41, 5.74) is 1.43. The maximum absolute atomic E-state index is 11.8. The van der Waals surface area contributed by atoms with E-state index in [1.807, 2.05) is 24.3 Å². The van der Waals surface area contributed by atoms with Gasteiger partial charge in [0.25, 0.3) is 0 Å². The van der Waals surface area contributed by atoms with Crippen LogP contribution in [0, 0.1) is 0 Å². The van der Waals surface area contributed by atoms with E-state index in [9.17, 15) is 8.42 Å². The molecule has 0 spiro atoms. The number of anilines is 1. The van der Waals surface area contributed by atoms with Crippen molar-refractivity contribution in [3.05, 3.63) is 48.6 Å². The van der Waals surface area contributed by atoms with Gasteiger partial charge in [0, 0.05) is 30.5 Å². The van der Waals surface area contributed by atoms with Gasteiger partial charge in [0.05, 0.1) is 29.3 Å². The van der Waals surface area contributed by atoms with Gasteiger partial charge in [-0.05, 0) is 18.2 Å². The van der Waals surface area contributed by atoms with Gasteiger partial charge in [-0.2, -0.15) is 0 Å². The Bertz CT molecular complexity index is 983. The van der Waals surface area contributed by atoms with Crippen molar-refractivity contribution >= 4 is 38.5 Å². The van der Waals surface area contributed by atoms with Crippen LogP contribution in [0.15, 0.2) is 47.7 Å². The fraction of sp³-hybridized carbons (Fsp3) is 0.235. The minimum atomic E-state index is -3.30. The Morgan fingerprint density at radius 3 is 2.85 bits per heavy atom. The van der Waals surface area contributed by atoms with Crippen molar-refractivity contribution in [3.8, 4) is 0 Å². The second kappa shape index (κ2) is 8.07. The second-order valence-electron chi connectivity index (χ2n) is 5.55. The van der Waals surface area contributed by atoms with E-state index in [-0.39, 0.29) is 24.7 Å². The van der Waals surface area contributed by atoms with Crippen molar-refractivity contribution < 1.29 is 13.5 Å². The van der Waals surface area contributed by atoms with Gasteiger partial charge in [-0.1, -0.05) is 12.1 Å². The zero-order valence-corrected chi connectivity index (χ0v) is 14.8. The van der Waals surface area contributed by atoms with Gasteiger partial charge < -0.3 is 15.7 Å². The van der Waals surface area contributed by atoms with Crippen molar-refractivity contribution in [1.82, 2.24) is 15.3 Å². The number of hydrogen-bond donors (Lipinski definition) is 3. The van der Waals surface area contributed by atoms with Crippen molar-refractivity contribution in [1.29, 1.82) is 0 Å². The lowest BCUT2D eigenvalue weighted by Gasteiger charge is -2.12. The third-order valence-electron chi connectivity index (χ3n) is 3.68. The van der Waals surface area contributed by atoms with Crippen LogP contribution in [0.2, 0.25) is 0 Å². The van der Waals surface area contributed by atoms with Crippen LogP contribution in [-0.4, -0.2) is 54.4 Å². The van der Waals surface area contributed by atoms with Gasteiger partial charge in [-0.25, -0.2) is 18.4 Å². The Hall–Kier alpha value is -2.78. The van der Waals surface area contributed by atoms with E-state index in [1.54, 1.807) is 24.7 Å². The summed E-state index contributed by atoms with van der Waals surface area (Å²) in [6, 6.07) is 7.50. The van der Waals surface area contributed by atoms with Gasteiger partial charge in [0.1, 0.15) is 5.82 Å². The van der Waals surface area contributed by atoms with Crippen LogP contribution in [0.1, 0.15) is 5.82 Å². The molecule has 1 aromatic heterocycles. The normalized spacial score (nSPS) is 14.0. The Balaban J connectivity index is 1.89. The summed E-state index contributed by atoms with van der Waals surface area (Å²) >= 11 is 0. The predicted molar refractivity (Wildman–Crippen MR) is 103 cm³/mol. The molecule has 9 heteroatoms. The average molecular weight is 373 g/mol. The van der Waals surface area contributed by atoms with Crippen molar-refractivity contribution in [2.75, 3.05) is 30.0 Å². The van der Waals surface area contributed by atoms with Crippen molar-refractivity contribution in [2.45, 2.75) is 0 Å². The lowest BCUT2D eigenvalue weighted by molar-refractivity contribution is 0.319. The summed E-state index contributed by atoms with van der Waals surface area (Å²) in [5, 5.41) is 15.8. The van der Waals surface area contributed by atoms with Crippen LogP contribution in [0.25, 0.3) is 16.6 Å². The zero-order chi connectivity index (χ0) is 18.4. The molecule has 2 heterocycles. The molecule has 0 amide bonds.